The molecule has 2 rings (SSSR count). The fraction of sp³-hybridized carbons (Fsp3) is 0.600. The number of carboxylic acid groups (broad SMARTS) is 2. The first-order valence-electron chi connectivity index (χ1n) is 7.72. The molecule has 1 aromatic heterocycles. The topological polar surface area (TPSA) is 108 Å². The van der Waals surface area contributed by atoms with Gasteiger partial charge in [0.1, 0.15) is 12.2 Å². The predicted octanol–water partition coefficient (Wildman–Crippen LogP) is -0.606. The van der Waals surface area contributed by atoms with Crippen molar-refractivity contribution in [2.45, 2.75) is 39.0 Å². The molecule has 1 aromatic rings. The molecule has 0 saturated carbocycles. The molecule has 0 aliphatic carbocycles. The van der Waals surface area contributed by atoms with Crippen LogP contribution in [0, 0.1) is 0 Å². The normalized spacial score (nSPS) is 17.0. The molecule has 0 aromatic carbocycles. The summed E-state index contributed by atoms with van der Waals surface area (Å²) in [6.07, 6.45) is 8.42. The van der Waals surface area contributed by atoms with Gasteiger partial charge in [0.15, 0.2) is 5.97 Å². The number of carbonyl (C=O) groups is 2. The molecule has 2 N–H and O–H groups in total. The second kappa shape index (κ2) is 10.1. The van der Waals surface area contributed by atoms with Crippen LogP contribution < -0.4 is 10.0 Å². The summed E-state index contributed by atoms with van der Waals surface area (Å²) in [5.41, 5.74) is 3.82. The number of unbranched alkanes of at least 4 members (excludes halogenated alkanes) is 2. The molecule has 0 bridgehead atoms. The van der Waals surface area contributed by atoms with Crippen LogP contribution >= 0.6 is 11.7 Å². The van der Waals surface area contributed by atoms with E-state index in [1.807, 2.05) is 0 Å². The monoisotopic (exact) mass is 341 g/mol. The Balaban J connectivity index is 0.000000379. The molecule has 0 saturated heterocycles. The van der Waals surface area contributed by atoms with Crippen molar-refractivity contribution in [3.8, 4) is 0 Å². The summed E-state index contributed by atoms with van der Waals surface area (Å²) in [4.78, 5) is 19.6. The molecule has 128 valence electrons. The zero-order valence-corrected chi connectivity index (χ0v) is 14.3. The summed E-state index contributed by atoms with van der Waals surface area (Å²) in [6, 6.07) is 0. The number of likely N-dealkylation sites (N-methyl/N-ethyl adjacent to an activating group) is 1. The third kappa shape index (κ3) is 6.87. The summed E-state index contributed by atoms with van der Waals surface area (Å²) < 4.78 is 8.97. The second-order valence-electron chi connectivity index (χ2n) is 5.51. The minimum absolute atomic E-state index is 1.09. The molecule has 1 aliphatic heterocycles. The number of carbonyl (C=O) groups excluding carboxylic acids is 1. The third-order valence-corrected chi connectivity index (χ3v) is 4.07. The van der Waals surface area contributed by atoms with Gasteiger partial charge in [0.05, 0.1) is 31.0 Å². The number of rotatable bonds is 5. The number of nitrogens with one attached hydrogen (secondary N) is 1. The number of nitrogens with zero attached hydrogens (tertiary/aromatic N) is 2. The van der Waals surface area contributed by atoms with Crippen LogP contribution in [0.2, 0.25) is 0 Å². The highest BCUT2D eigenvalue weighted by atomic mass is 32.1. The van der Waals surface area contributed by atoms with Crippen molar-refractivity contribution in [1.82, 2.24) is 8.75 Å². The Morgan fingerprint density at radius 1 is 1.39 bits per heavy atom. The summed E-state index contributed by atoms with van der Waals surface area (Å²) in [7, 11) is 2.25. The van der Waals surface area contributed by atoms with Crippen molar-refractivity contribution in [3.05, 3.63) is 17.5 Å². The summed E-state index contributed by atoms with van der Waals surface area (Å²) in [5, 5.41) is 16.3. The highest BCUT2D eigenvalue weighted by Crippen LogP contribution is 2.19. The van der Waals surface area contributed by atoms with Gasteiger partial charge >= 0.3 is 5.97 Å². The molecule has 23 heavy (non-hydrogen) atoms. The first-order chi connectivity index (χ1) is 11.0. The van der Waals surface area contributed by atoms with E-state index in [0.29, 0.717) is 0 Å². The Morgan fingerprint density at radius 3 is 2.65 bits per heavy atom. The standard InChI is InChI=1S/C13H21N3S.C2H2O4/c1-3-4-5-8-12-13(15-17-14-12)11-7-6-9-16(2)10-11;3-1(4)2(5)6/h7H,3-6,8-10H2,1-2H3;(H,3,4)(H,5,6). The van der Waals surface area contributed by atoms with E-state index in [1.165, 1.54) is 60.9 Å². The van der Waals surface area contributed by atoms with Gasteiger partial charge in [-0.2, -0.15) is 8.75 Å². The van der Waals surface area contributed by atoms with E-state index < -0.39 is 11.9 Å². The van der Waals surface area contributed by atoms with Crippen LogP contribution in [0.15, 0.2) is 6.08 Å². The fourth-order valence-electron chi connectivity index (χ4n) is 2.32. The average molecular weight is 341 g/mol. The highest BCUT2D eigenvalue weighted by Gasteiger charge is 2.19. The van der Waals surface area contributed by atoms with E-state index in [1.54, 1.807) is 4.90 Å². The van der Waals surface area contributed by atoms with Crippen LogP contribution in [-0.4, -0.2) is 45.9 Å². The molecule has 0 spiro atoms. The first kappa shape index (κ1) is 19.2. The van der Waals surface area contributed by atoms with E-state index in [0.717, 1.165) is 13.0 Å². The zero-order chi connectivity index (χ0) is 17.2. The van der Waals surface area contributed by atoms with Crippen LogP contribution in [0.25, 0.3) is 5.57 Å². The molecule has 0 amide bonds. The molecule has 1 aliphatic rings. The van der Waals surface area contributed by atoms with Crippen molar-refractivity contribution in [3.63, 3.8) is 0 Å². The van der Waals surface area contributed by atoms with Gasteiger partial charge in [0.2, 0.25) is 0 Å². The van der Waals surface area contributed by atoms with Crippen LogP contribution in [0.5, 0.6) is 0 Å². The summed E-state index contributed by atoms with van der Waals surface area (Å²) in [6.45, 7) is 4.58. The maximum absolute atomic E-state index is 9.04. The minimum Gasteiger partial charge on any atom is -0.539 e. The van der Waals surface area contributed by atoms with Gasteiger partial charge in [0, 0.05) is 12.0 Å². The molecule has 1 unspecified atom stereocenters. The lowest BCUT2D eigenvalue weighted by Crippen LogP contribution is -3.09. The van der Waals surface area contributed by atoms with Crippen molar-refractivity contribution >= 4 is 29.2 Å². The number of hydrogen-bond acceptors (Lipinski definition) is 6. The SMILES string of the molecule is CCCCCc1nsnc1C1=CCC[NH+](C)C1.O=C([O-])C(=O)O. The van der Waals surface area contributed by atoms with Gasteiger partial charge in [-0.3, -0.25) is 0 Å². The molecule has 2 heterocycles. The van der Waals surface area contributed by atoms with Crippen molar-refractivity contribution in [2.24, 2.45) is 0 Å². The number of aliphatic carboxylic acids is 2. The summed E-state index contributed by atoms with van der Waals surface area (Å²) in [5.74, 6) is -4.01. The molecule has 1 atom stereocenters. The van der Waals surface area contributed by atoms with Gasteiger partial charge in [-0.15, -0.1) is 0 Å². The number of aryl methyl sites for hydroxylation is 1. The van der Waals surface area contributed by atoms with E-state index in [9.17, 15) is 0 Å². The Labute approximate surface area is 140 Å². The Hall–Kier alpha value is -1.80. The summed E-state index contributed by atoms with van der Waals surface area (Å²) >= 11 is 1.37. The van der Waals surface area contributed by atoms with Crippen molar-refractivity contribution < 1.29 is 24.7 Å². The smallest absolute Gasteiger partial charge is 0.351 e. The molecule has 7 nitrogen and oxygen atoms in total. The number of hydrogen-bond donors (Lipinski definition) is 2. The van der Waals surface area contributed by atoms with Gasteiger partial charge in [-0.1, -0.05) is 25.8 Å². The predicted molar refractivity (Wildman–Crippen MR) is 85.0 cm³/mol. The quantitative estimate of drug-likeness (QED) is 0.547. The van der Waals surface area contributed by atoms with Crippen LogP contribution in [-0.2, 0) is 16.0 Å². The maximum atomic E-state index is 9.04. The molecular formula is C15H23N3O4S. The number of quaternary nitrogens is 1. The lowest BCUT2D eigenvalue weighted by atomic mass is 10.0. The Morgan fingerprint density at radius 2 is 2.09 bits per heavy atom. The van der Waals surface area contributed by atoms with Crippen molar-refractivity contribution in [2.75, 3.05) is 20.1 Å². The minimum atomic E-state index is -2.07. The van der Waals surface area contributed by atoms with E-state index in [2.05, 4.69) is 28.8 Å². The van der Waals surface area contributed by atoms with E-state index in [-0.39, 0.29) is 0 Å². The molecule has 0 fully saturated rings. The van der Waals surface area contributed by atoms with Crippen LogP contribution in [0.3, 0.4) is 0 Å². The van der Waals surface area contributed by atoms with Gasteiger partial charge < -0.3 is 19.9 Å². The first-order valence-corrected chi connectivity index (χ1v) is 8.45. The van der Waals surface area contributed by atoms with Crippen LogP contribution in [0.1, 0.15) is 44.0 Å². The number of aromatic nitrogens is 2. The average Bonchev–Trinajstić information content (AvgIpc) is 2.96. The highest BCUT2D eigenvalue weighted by molar-refractivity contribution is 6.99. The van der Waals surface area contributed by atoms with Gasteiger partial charge in [0.25, 0.3) is 0 Å². The van der Waals surface area contributed by atoms with Crippen LogP contribution in [0.4, 0.5) is 0 Å². The van der Waals surface area contributed by atoms with E-state index in [4.69, 9.17) is 19.8 Å². The lowest BCUT2D eigenvalue weighted by molar-refractivity contribution is -0.872. The number of carboxylic acids is 2. The maximum Gasteiger partial charge on any atom is 0.351 e. The third-order valence-electron chi connectivity index (χ3n) is 3.51. The second-order valence-corrected chi connectivity index (χ2v) is 6.04. The largest absolute Gasteiger partial charge is 0.539 e. The van der Waals surface area contributed by atoms with Gasteiger partial charge in [-0.05, 0) is 12.8 Å². The molecular weight excluding hydrogens is 318 g/mol. The zero-order valence-electron chi connectivity index (χ0n) is 13.5. The lowest BCUT2D eigenvalue weighted by Gasteiger charge is -2.19. The fourth-order valence-corrected chi connectivity index (χ4v) is 2.94. The van der Waals surface area contributed by atoms with E-state index >= 15 is 0 Å². The molecule has 8 heteroatoms. The molecule has 0 radical (unpaired) electrons. The van der Waals surface area contributed by atoms with Gasteiger partial charge in [-0.25, -0.2) is 4.79 Å². The Kier molecular flexibility index (Phi) is 8.42. The van der Waals surface area contributed by atoms with Crippen molar-refractivity contribution in [1.29, 1.82) is 0 Å². The Bertz CT molecular complexity index is 545.